The van der Waals surface area contributed by atoms with Crippen molar-refractivity contribution in [3.63, 3.8) is 0 Å². The number of hydrogen-bond acceptors (Lipinski definition) is 4. The summed E-state index contributed by atoms with van der Waals surface area (Å²) in [6.07, 6.45) is 2.06. The van der Waals surface area contributed by atoms with Crippen LogP contribution in [0, 0.1) is 16.0 Å². The van der Waals surface area contributed by atoms with Crippen LogP contribution in [0.3, 0.4) is 0 Å². The number of carbonyl (C=O) groups is 1. The van der Waals surface area contributed by atoms with Gasteiger partial charge in [0.2, 0.25) is 0 Å². The number of nitrogens with zero attached hydrogens (tertiary/aromatic N) is 2. The molecule has 0 unspecified atom stereocenters. The van der Waals surface area contributed by atoms with Crippen LogP contribution in [0.15, 0.2) is 18.2 Å². The van der Waals surface area contributed by atoms with Gasteiger partial charge in [-0.05, 0) is 30.9 Å². The van der Waals surface area contributed by atoms with Gasteiger partial charge in [0.05, 0.1) is 4.92 Å². The topological polar surface area (TPSA) is 89.5 Å². The second kappa shape index (κ2) is 5.48. The predicted octanol–water partition coefficient (Wildman–Crippen LogP) is 2.44. The van der Waals surface area contributed by atoms with Crippen LogP contribution in [0.25, 0.3) is 0 Å². The van der Waals surface area contributed by atoms with Gasteiger partial charge >= 0.3 is 0 Å². The van der Waals surface area contributed by atoms with Crippen molar-refractivity contribution in [2.75, 3.05) is 12.3 Å². The van der Waals surface area contributed by atoms with Gasteiger partial charge in [-0.25, -0.2) is 0 Å². The minimum absolute atomic E-state index is 0.0288. The Hall–Kier alpha value is -2.11. The molecule has 0 aliphatic heterocycles. The maximum absolute atomic E-state index is 12.5. The van der Waals surface area contributed by atoms with Gasteiger partial charge in [0, 0.05) is 24.2 Å². The molecule has 1 fully saturated rings. The summed E-state index contributed by atoms with van der Waals surface area (Å²) >= 11 is 0. The Balaban J connectivity index is 2.23. The van der Waals surface area contributed by atoms with E-state index in [-0.39, 0.29) is 17.3 Å². The standard InChI is InChI=1S/C14H19N3O3/c1-9(2)8-16(11-4-5-11)14(18)10-3-6-13(17(19)20)12(15)7-10/h3,6-7,9,11H,4-5,8,15H2,1-2H3. The van der Waals surface area contributed by atoms with Crippen LogP contribution in [0.5, 0.6) is 0 Å². The number of nitrogens with two attached hydrogens (primary N) is 1. The number of rotatable bonds is 5. The van der Waals surface area contributed by atoms with E-state index in [0.717, 1.165) is 12.8 Å². The number of hydrogen-bond donors (Lipinski definition) is 1. The highest BCUT2D eigenvalue weighted by Crippen LogP contribution is 2.30. The van der Waals surface area contributed by atoms with Crippen molar-refractivity contribution in [3.8, 4) is 0 Å². The van der Waals surface area contributed by atoms with Crippen molar-refractivity contribution in [3.05, 3.63) is 33.9 Å². The van der Waals surface area contributed by atoms with E-state index in [9.17, 15) is 14.9 Å². The first-order chi connectivity index (χ1) is 9.40. The Morgan fingerprint density at radius 3 is 2.60 bits per heavy atom. The number of nitrogen functional groups attached to an aromatic ring is 1. The average Bonchev–Trinajstić information content (AvgIpc) is 3.18. The van der Waals surface area contributed by atoms with E-state index < -0.39 is 4.92 Å². The molecule has 0 atom stereocenters. The molecule has 1 aromatic carbocycles. The van der Waals surface area contributed by atoms with E-state index in [4.69, 9.17) is 5.73 Å². The number of benzene rings is 1. The van der Waals surface area contributed by atoms with Crippen LogP contribution in [-0.2, 0) is 0 Å². The zero-order valence-electron chi connectivity index (χ0n) is 11.7. The van der Waals surface area contributed by atoms with Gasteiger partial charge in [-0.2, -0.15) is 0 Å². The van der Waals surface area contributed by atoms with Gasteiger partial charge in [-0.15, -0.1) is 0 Å². The van der Waals surface area contributed by atoms with Crippen molar-refractivity contribution in [1.29, 1.82) is 0 Å². The predicted molar refractivity (Wildman–Crippen MR) is 76.4 cm³/mol. The molecule has 1 aliphatic rings. The molecule has 1 aromatic rings. The fourth-order valence-electron chi connectivity index (χ4n) is 2.20. The first-order valence-electron chi connectivity index (χ1n) is 6.75. The maximum atomic E-state index is 12.5. The lowest BCUT2D eigenvalue weighted by molar-refractivity contribution is -0.383. The maximum Gasteiger partial charge on any atom is 0.292 e. The Morgan fingerprint density at radius 1 is 1.50 bits per heavy atom. The molecular formula is C14H19N3O3. The summed E-state index contributed by atoms with van der Waals surface area (Å²) in [6.45, 7) is 4.82. The molecule has 2 N–H and O–H groups in total. The zero-order chi connectivity index (χ0) is 14.9. The summed E-state index contributed by atoms with van der Waals surface area (Å²) in [4.78, 5) is 24.5. The lowest BCUT2D eigenvalue weighted by Gasteiger charge is -2.24. The molecule has 0 heterocycles. The molecule has 108 valence electrons. The zero-order valence-corrected chi connectivity index (χ0v) is 11.7. The quantitative estimate of drug-likeness (QED) is 0.508. The van der Waals surface area contributed by atoms with Crippen molar-refractivity contribution in [1.82, 2.24) is 4.90 Å². The average molecular weight is 277 g/mol. The molecule has 0 aromatic heterocycles. The largest absolute Gasteiger partial charge is 0.393 e. The normalized spacial score (nSPS) is 14.3. The van der Waals surface area contributed by atoms with E-state index in [1.807, 2.05) is 4.90 Å². The van der Waals surface area contributed by atoms with E-state index >= 15 is 0 Å². The Kier molecular flexibility index (Phi) is 3.92. The van der Waals surface area contributed by atoms with Crippen LogP contribution in [0.1, 0.15) is 37.0 Å². The van der Waals surface area contributed by atoms with Gasteiger partial charge in [0.15, 0.2) is 0 Å². The fourth-order valence-corrected chi connectivity index (χ4v) is 2.20. The van der Waals surface area contributed by atoms with Gasteiger partial charge in [-0.1, -0.05) is 13.8 Å². The molecule has 2 rings (SSSR count). The third-order valence-electron chi connectivity index (χ3n) is 3.28. The lowest BCUT2D eigenvalue weighted by Crippen LogP contribution is -2.36. The lowest BCUT2D eigenvalue weighted by atomic mass is 10.1. The van der Waals surface area contributed by atoms with Crippen molar-refractivity contribution < 1.29 is 9.72 Å². The van der Waals surface area contributed by atoms with Gasteiger partial charge in [0.25, 0.3) is 11.6 Å². The molecule has 1 aliphatic carbocycles. The van der Waals surface area contributed by atoms with Gasteiger partial charge < -0.3 is 10.6 Å². The SMILES string of the molecule is CC(C)CN(C(=O)c1ccc([N+](=O)[O-])c(N)c1)C1CC1. The molecule has 1 saturated carbocycles. The molecule has 0 radical (unpaired) electrons. The highest BCUT2D eigenvalue weighted by Gasteiger charge is 2.33. The number of nitro groups is 1. The molecule has 6 heteroatoms. The van der Waals surface area contributed by atoms with Crippen LogP contribution in [0.4, 0.5) is 11.4 Å². The Labute approximate surface area is 117 Å². The summed E-state index contributed by atoms with van der Waals surface area (Å²) in [7, 11) is 0. The minimum atomic E-state index is -0.545. The Morgan fingerprint density at radius 2 is 2.15 bits per heavy atom. The fraction of sp³-hybridized carbons (Fsp3) is 0.500. The molecule has 1 amide bonds. The highest BCUT2D eigenvalue weighted by molar-refractivity contribution is 5.96. The molecular weight excluding hydrogens is 258 g/mol. The highest BCUT2D eigenvalue weighted by atomic mass is 16.6. The molecule has 20 heavy (non-hydrogen) atoms. The van der Waals surface area contributed by atoms with E-state index in [1.54, 1.807) is 0 Å². The molecule has 0 saturated heterocycles. The van der Waals surface area contributed by atoms with E-state index in [2.05, 4.69) is 13.8 Å². The minimum Gasteiger partial charge on any atom is -0.393 e. The summed E-state index contributed by atoms with van der Waals surface area (Å²) in [6, 6.07) is 4.48. The second-order valence-corrected chi connectivity index (χ2v) is 5.61. The molecule has 0 spiro atoms. The summed E-state index contributed by atoms with van der Waals surface area (Å²) < 4.78 is 0. The van der Waals surface area contributed by atoms with Crippen LogP contribution in [0.2, 0.25) is 0 Å². The molecule has 0 bridgehead atoms. The van der Waals surface area contributed by atoms with Crippen molar-refractivity contribution in [2.45, 2.75) is 32.7 Å². The number of anilines is 1. The van der Waals surface area contributed by atoms with Crippen LogP contribution < -0.4 is 5.73 Å². The smallest absolute Gasteiger partial charge is 0.292 e. The number of carbonyl (C=O) groups excluding carboxylic acids is 1. The Bertz CT molecular complexity index is 538. The summed E-state index contributed by atoms with van der Waals surface area (Å²) in [5, 5.41) is 10.7. The first kappa shape index (κ1) is 14.3. The summed E-state index contributed by atoms with van der Waals surface area (Å²) in [5.74, 6) is 0.290. The van der Waals surface area contributed by atoms with E-state index in [0.29, 0.717) is 24.1 Å². The van der Waals surface area contributed by atoms with Crippen LogP contribution in [-0.4, -0.2) is 28.3 Å². The third-order valence-corrected chi connectivity index (χ3v) is 3.28. The monoisotopic (exact) mass is 277 g/mol. The van der Waals surface area contributed by atoms with Gasteiger partial charge in [0.1, 0.15) is 5.69 Å². The van der Waals surface area contributed by atoms with Crippen LogP contribution >= 0.6 is 0 Å². The molecule has 6 nitrogen and oxygen atoms in total. The van der Waals surface area contributed by atoms with E-state index in [1.165, 1.54) is 18.2 Å². The van der Waals surface area contributed by atoms with Crippen molar-refractivity contribution in [2.24, 2.45) is 5.92 Å². The summed E-state index contributed by atoms with van der Waals surface area (Å²) in [5.41, 5.74) is 5.92. The van der Waals surface area contributed by atoms with Crippen molar-refractivity contribution >= 4 is 17.3 Å². The third kappa shape index (κ3) is 3.07. The number of amides is 1. The van der Waals surface area contributed by atoms with Gasteiger partial charge in [-0.3, -0.25) is 14.9 Å². The first-order valence-corrected chi connectivity index (χ1v) is 6.75. The second-order valence-electron chi connectivity index (χ2n) is 5.61. The number of nitro benzene ring substituents is 1.